The van der Waals surface area contributed by atoms with Gasteiger partial charge in [-0.25, -0.2) is 0 Å². The smallest absolute Gasteiger partial charge is 0.311 e. The summed E-state index contributed by atoms with van der Waals surface area (Å²) in [5.74, 6) is -0.408. The lowest BCUT2D eigenvalue weighted by Crippen LogP contribution is -2.26. The highest BCUT2D eigenvalue weighted by atomic mass is 16.5. The van der Waals surface area contributed by atoms with Crippen LogP contribution in [0.15, 0.2) is 34.9 Å². The molecule has 152 valence electrons. The normalized spacial score (nSPS) is 18.0. The maximum absolute atomic E-state index is 12.5. The first-order chi connectivity index (χ1) is 12.5. The van der Waals surface area contributed by atoms with Crippen molar-refractivity contribution in [3.05, 3.63) is 34.9 Å². The van der Waals surface area contributed by atoms with Gasteiger partial charge >= 0.3 is 5.97 Å². The Morgan fingerprint density at radius 3 is 2.48 bits per heavy atom. The molecule has 4 nitrogen and oxygen atoms in total. The van der Waals surface area contributed by atoms with E-state index in [1.165, 1.54) is 17.6 Å². The summed E-state index contributed by atoms with van der Waals surface area (Å²) in [5, 5.41) is 2.91. The highest BCUT2D eigenvalue weighted by molar-refractivity contribution is 5.96. The summed E-state index contributed by atoms with van der Waals surface area (Å²) in [4.78, 5) is 24.4. The van der Waals surface area contributed by atoms with Crippen molar-refractivity contribution in [3.63, 3.8) is 0 Å². The van der Waals surface area contributed by atoms with Crippen LogP contribution in [0.25, 0.3) is 0 Å². The number of rotatable bonds is 7. The van der Waals surface area contributed by atoms with Crippen molar-refractivity contribution in [2.45, 2.75) is 74.1 Å². The number of esters is 1. The predicted molar refractivity (Wildman–Crippen MR) is 111 cm³/mol. The van der Waals surface area contributed by atoms with Gasteiger partial charge in [0, 0.05) is 12.1 Å². The zero-order valence-electron chi connectivity index (χ0n) is 18.2. The number of nitrogens with one attached hydrogen (secondary N) is 1. The highest BCUT2D eigenvalue weighted by Crippen LogP contribution is 2.40. The van der Waals surface area contributed by atoms with E-state index in [4.69, 9.17) is 4.74 Å². The van der Waals surface area contributed by atoms with Gasteiger partial charge in [-0.15, -0.1) is 0 Å². The number of carbonyl (C=O) groups is 2. The summed E-state index contributed by atoms with van der Waals surface area (Å²) in [5.41, 5.74) is 2.78. The third kappa shape index (κ3) is 7.36. The van der Waals surface area contributed by atoms with Crippen LogP contribution in [0.1, 0.15) is 74.1 Å². The average Bonchev–Trinajstić information content (AvgIpc) is 2.55. The Kier molecular flexibility index (Phi) is 8.52. The Bertz CT molecular complexity index is 630. The molecule has 0 spiro atoms. The third-order valence-corrected chi connectivity index (χ3v) is 4.90. The molecular formula is C23H37NO3. The summed E-state index contributed by atoms with van der Waals surface area (Å²) in [6.45, 7) is 14.9. The topological polar surface area (TPSA) is 55.4 Å². The van der Waals surface area contributed by atoms with Crippen molar-refractivity contribution in [2.24, 2.45) is 10.8 Å². The van der Waals surface area contributed by atoms with E-state index in [1.54, 1.807) is 6.08 Å². The van der Waals surface area contributed by atoms with E-state index < -0.39 is 5.41 Å². The van der Waals surface area contributed by atoms with E-state index in [2.05, 4.69) is 32.2 Å². The fourth-order valence-electron chi connectivity index (χ4n) is 3.18. The third-order valence-electron chi connectivity index (χ3n) is 4.90. The quantitative estimate of drug-likeness (QED) is 0.382. The molecule has 27 heavy (non-hydrogen) atoms. The van der Waals surface area contributed by atoms with Gasteiger partial charge in [0.2, 0.25) is 0 Å². The molecule has 0 unspecified atom stereocenters. The van der Waals surface area contributed by atoms with Crippen molar-refractivity contribution in [3.8, 4) is 0 Å². The fraction of sp³-hybridized carbons (Fsp3) is 0.652. The van der Waals surface area contributed by atoms with Crippen LogP contribution >= 0.6 is 0 Å². The van der Waals surface area contributed by atoms with Crippen LogP contribution in [0.4, 0.5) is 0 Å². The molecule has 4 heteroatoms. The first kappa shape index (κ1) is 23.2. The minimum absolute atomic E-state index is 0.0940. The molecule has 0 aromatic rings. The largest absolute Gasteiger partial charge is 0.461 e. The molecule has 1 rings (SSSR count). The molecule has 1 amide bonds. The highest BCUT2D eigenvalue weighted by Gasteiger charge is 2.26. The molecule has 1 N–H and O–H groups in total. The summed E-state index contributed by atoms with van der Waals surface area (Å²) in [7, 11) is 0. The second-order valence-electron chi connectivity index (χ2n) is 9.03. The van der Waals surface area contributed by atoms with Crippen molar-refractivity contribution >= 4 is 11.9 Å². The Morgan fingerprint density at radius 2 is 1.93 bits per heavy atom. The summed E-state index contributed by atoms with van der Waals surface area (Å²) in [6.07, 6.45) is 9.95. The molecule has 1 aliphatic rings. The van der Waals surface area contributed by atoms with E-state index in [0.29, 0.717) is 12.1 Å². The number of carbonyl (C=O) groups excluding carboxylic acids is 2. The van der Waals surface area contributed by atoms with Gasteiger partial charge in [-0.2, -0.15) is 0 Å². The van der Waals surface area contributed by atoms with Crippen molar-refractivity contribution < 1.29 is 14.3 Å². The molecule has 0 saturated carbocycles. The van der Waals surface area contributed by atoms with Gasteiger partial charge < -0.3 is 10.1 Å². The standard InChI is InChI=1S/C23H37NO3/c1-8-15-24-20(25)18(13-16-27-21(26)22(3,4)5)11-12-19-17(2)10-9-14-23(19,6)7/h11-13H,8-10,14-16H2,1-7H3,(H,24,25)/b12-11+,18-13+. The number of ether oxygens (including phenoxy) is 1. The van der Waals surface area contributed by atoms with Gasteiger partial charge in [-0.3, -0.25) is 9.59 Å². The van der Waals surface area contributed by atoms with Crippen LogP contribution in [0.2, 0.25) is 0 Å². The predicted octanol–water partition coefficient (Wildman–Crippen LogP) is 5.11. The van der Waals surface area contributed by atoms with Crippen LogP contribution in [-0.2, 0) is 14.3 Å². The monoisotopic (exact) mass is 375 g/mol. The summed E-state index contributed by atoms with van der Waals surface area (Å²) >= 11 is 0. The second kappa shape index (κ2) is 9.91. The van der Waals surface area contributed by atoms with Gasteiger partial charge in [0.15, 0.2) is 0 Å². The van der Waals surface area contributed by atoms with E-state index in [0.717, 1.165) is 19.3 Å². The van der Waals surface area contributed by atoms with Crippen LogP contribution in [0, 0.1) is 10.8 Å². The Labute approximate surface area is 165 Å². The molecular weight excluding hydrogens is 338 g/mol. The van der Waals surface area contributed by atoms with Gasteiger partial charge in [-0.1, -0.05) is 32.4 Å². The molecule has 0 aliphatic heterocycles. The fourth-order valence-corrected chi connectivity index (χ4v) is 3.18. The van der Waals surface area contributed by atoms with E-state index in [9.17, 15) is 9.59 Å². The van der Waals surface area contributed by atoms with Gasteiger partial charge in [0.25, 0.3) is 5.91 Å². The number of hydrogen-bond acceptors (Lipinski definition) is 3. The minimum atomic E-state index is -0.553. The average molecular weight is 376 g/mol. The van der Waals surface area contributed by atoms with E-state index >= 15 is 0 Å². The zero-order chi connectivity index (χ0) is 20.7. The number of amides is 1. The van der Waals surface area contributed by atoms with Crippen molar-refractivity contribution in [2.75, 3.05) is 13.2 Å². The maximum atomic E-state index is 12.5. The first-order valence-electron chi connectivity index (χ1n) is 10.0. The molecule has 0 heterocycles. The molecule has 0 bridgehead atoms. The van der Waals surface area contributed by atoms with Crippen molar-refractivity contribution in [1.82, 2.24) is 5.32 Å². The van der Waals surface area contributed by atoms with Crippen LogP contribution < -0.4 is 5.32 Å². The zero-order valence-corrected chi connectivity index (χ0v) is 18.2. The van der Waals surface area contributed by atoms with Crippen LogP contribution in [0.3, 0.4) is 0 Å². The lowest BCUT2D eigenvalue weighted by Gasteiger charge is -2.33. The lowest BCUT2D eigenvalue weighted by molar-refractivity contribution is -0.151. The Morgan fingerprint density at radius 1 is 1.26 bits per heavy atom. The van der Waals surface area contributed by atoms with E-state index in [1.807, 2.05) is 33.8 Å². The van der Waals surface area contributed by atoms with Crippen molar-refractivity contribution in [1.29, 1.82) is 0 Å². The van der Waals surface area contributed by atoms with Gasteiger partial charge in [0.05, 0.1) is 5.41 Å². The maximum Gasteiger partial charge on any atom is 0.311 e. The van der Waals surface area contributed by atoms with Gasteiger partial charge in [0.1, 0.15) is 6.61 Å². The molecule has 0 saturated heterocycles. The SMILES string of the molecule is CCCNC(=O)C(/C=C/C1=C(C)CCCC1(C)C)=C/COC(=O)C(C)(C)C. The Balaban J connectivity index is 2.99. The second-order valence-corrected chi connectivity index (χ2v) is 9.03. The first-order valence-corrected chi connectivity index (χ1v) is 10.0. The van der Waals surface area contributed by atoms with Crippen LogP contribution in [0.5, 0.6) is 0 Å². The molecule has 0 atom stereocenters. The summed E-state index contributed by atoms with van der Waals surface area (Å²) < 4.78 is 5.30. The molecule has 0 radical (unpaired) electrons. The molecule has 0 aromatic carbocycles. The Hall–Kier alpha value is -1.84. The molecule has 1 aliphatic carbocycles. The molecule has 0 aromatic heterocycles. The number of allylic oxidation sites excluding steroid dienone is 3. The number of hydrogen-bond donors (Lipinski definition) is 1. The van der Waals surface area contributed by atoms with E-state index in [-0.39, 0.29) is 23.9 Å². The van der Waals surface area contributed by atoms with Gasteiger partial charge in [-0.05, 0) is 76.5 Å². The van der Waals surface area contributed by atoms with Crippen LogP contribution in [-0.4, -0.2) is 25.0 Å². The minimum Gasteiger partial charge on any atom is -0.461 e. The molecule has 0 fully saturated rings. The lowest BCUT2D eigenvalue weighted by atomic mass is 9.72. The summed E-state index contributed by atoms with van der Waals surface area (Å²) in [6, 6.07) is 0.